The zero-order valence-corrected chi connectivity index (χ0v) is 4.94. The van der Waals surface area contributed by atoms with Crippen LogP contribution in [0.4, 0.5) is 4.39 Å². The second-order valence-corrected chi connectivity index (χ2v) is 2.38. The van der Waals surface area contributed by atoms with Gasteiger partial charge in [-0.3, -0.25) is 0 Å². The minimum atomic E-state index is -2.01. The Morgan fingerprint density at radius 3 is 2.38 bits per heavy atom. The lowest BCUT2D eigenvalue weighted by atomic mass is 10.4. The van der Waals surface area contributed by atoms with Crippen molar-refractivity contribution in [2.24, 2.45) is 0 Å². The van der Waals surface area contributed by atoms with Crippen molar-refractivity contribution in [2.75, 3.05) is 13.2 Å². The Labute approximate surface area is 46.7 Å². The van der Waals surface area contributed by atoms with Crippen LogP contribution in [0, 0.1) is 0 Å². The maximum Gasteiger partial charge on any atom is 0.697 e. The molecule has 0 unspecified atom stereocenters. The number of hydrogen-bond donors (Lipinski definition) is 0. The molecule has 5 heteroatoms. The van der Waals surface area contributed by atoms with Crippen LogP contribution in [0.3, 0.4) is 0 Å². The Balaban J connectivity index is 2.29. The number of rotatable bonds is 0. The van der Waals surface area contributed by atoms with Crippen LogP contribution in [0.25, 0.3) is 0 Å². The summed E-state index contributed by atoms with van der Waals surface area (Å²) in [5, 5.41) is 0. The van der Waals surface area contributed by atoms with Crippen molar-refractivity contribution in [1.82, 2.24) is 0 Å². The summed E-state index contributed by atoms with van der Waals surface area (Å²) in [6.45, 7) is -0.204. The smallest absolute Gasteiger partial charge is 0.242 e. The van der Waals surface area contributed by atoms with E-state index in [1.165, 1.54) is 0 Å². The summed E-state index contributed by atoms with van der Waals surface area (Å²) in [7, 11) is -2.01. The van der Waals surface area contributed by atoms with Gasteiger partial charge in [-0.2, -0.15) is 0 Å². The normalized spacial score (nSPS) is 35.1. The first-order chi connectivity index (χ1) is 3.79. The fraction of sp³-hybridized carbons (Fsp3) is 1.00. The van der Waals surface area contributed by atoms with Crippen molar-refractivity contribution in [3.05, 3.63) is 0 Å². The van der Waals surface area contributed by atoms with E-state index in [1.54, 1.807) is 0 Å². The van der Waals surface area contributed by atoms with Gasteiger partial charge in [-0.25, -0.2) is 4.39 Å². The lowest BCUT2D eigenvalue weighted by molar-refractivity contribution is 0.0797. The highest BCUT2D eigenvalue weighted by Crippen LogP contribution is 2.28. The molecule has 0 atom stereocenters. The predicted molar refractivity (Wildman–Crippen MR) is 24.4 cm³/mol. The first kappa shape index (κ1) is 6.08. The van der Waals surface area contributed by atoms with Gasteiger partial charge in [0.05, 0.1) is 0 Å². The standard InChI is InChI=1S/C3H5FO3P/c4-3-1-6-8(5)7-2-3/h3H,1-2H2/q+1. The zero-order chi connectivity index (χ0) is 5.98. The number of halogens is 1. The molecule has 1 aliphatic rings. The lowest BCUT2D eigenvalue weighted by Crippen LogP contribution is -2.18. The van der Waals surface area contributed by atoms with Crippen molar-refractivity contribution < 1.29 is 18.0 Å². The van der Waals surface area contributed by atoms with E-state index in [0.29, 0.717) is 0 Å². The van der Waals surface area contributed by atoms with Crippen LogP contribution in [0.15, 0.2) is 0 Å². The molecule has 1 saturated heterocycles. The Morgan fingerprint density at radius 2 is 2.00 bits per heavy atom. The van der Waals surface area contributed by atoms with Crippen LogP contribution in [0.1, 0.15) is 0 Å². The zero-order valence-electron chi connectivity index (χ0n) is 4.04. The summed E-state index contributed by atoms with van der Waals surface area (Å²) in [6.07, 6.45) is -1.11. The molecule has 1 fully saturated rings. The Kier molecular flexibility index (Phi) is 1.89. The van der Waals surface area contributed by atoms with E-state index in [1.807, 2.05) is 0 Å². The molecule has 0 saturated carbocycles. The summed E-state index contributed by atoms with van der Waals surface area (Å²) < 4.78 is 30.7. The fourth-order valence-corrected chi connectivity index (χ4v) is 1.01. The van der Waals surface area contributed by atoms with Gasteiger partial charge in [0, 0.05) is 4.57 Å². The summed E-state index contributed by atoms with van der Waals surface area (Å²) >= 11 is 0. The van der Waals surface area contributed by atoms with E-state index in [4.69, 9.17) is 0 Å². The molecule has 0 aromatic rings. The fourth-order valence-electron chi connectivity index (χ4n) is 0.369. The molecular formula is C3H5FO3P+. The monoisotopic (exact) mass is 139 g/mol. The van der Waals surface area contributed by atoms with Gasteiger partial charge in [-0.05, 0) is 0 Å². The van der Waals surface area contributed by atoms with E-state index in [-0.39, 0.29) is 13.2 Å². The van der Waals surface area contributed by atoms with Crippen LogP contribution < -0.4 is 0 Å². The van der Waals surface area contributed by atoms with Gasteiger partial charge >= 0.3 is 8.25 Å². The number of hydrogen-bond acceptors (Lipinski definition) is 3. The molecule has 0 amide bonds. The molecule has 1 aliphatic heterocycles. The SMILES string of the molecule is O=[P+]1OCC(F)CO1. The lowest BCUT2D eigenvalue weighted by Gasteiger charge is -2.02. The first-order valence-electron chi connectivity index (χ1n) is 2.16. The van der Waals surface area contributed by atoms with Crippen molar-refractivity contribution in [1.29, 1.82) is 0 Å². The molecule has 0 radical (unpaired) electrons. The van der Waals surface area contributed by atoms with Gasteiger partial charge in [-0.15, -0.1) is 9.05 Å². The number of alkyl halides is 1. The highest BCUT2D eigenvalue weighted by atomic mass is 31.1. The van der Waals surface area contributed by atoms with Gasteiger partial charge in [-0.1, -0.05) is 0 Å². The summed E-state index contributed by atoms with van der Waals surface area (Å²) in [6, 6.07) is 0. The van der Waals surface area contributed by atoms with E-state index in [9.17, 15) is 8.96 Å². The quantitative estimate of drug-likeness (QED) is 0.470. The molecule has 0 bridgehead atoms. The predicted octanol–water partition coefficient (Wildman–Crippen LogP) is 1.03. The third-order valence-corrected chi connectivity index (χ3v) is 1.44. The van der Waals surface area contributed by atoms with Crippen LogP contribution >= 0.6 is 8.25 Å². The second-order valence-electron chi connectivity index (χ2n) is 1.41. The van der Waals surface area contributed by atoms with Crippen molar-refractivity contribution >= 4 is 8.25 Å². The van der Waals surface area contributed by atoms with Crippen molar-refractivity contribution in [3.8, 4) is 0 Å². The van der Waals surface area contributed by atoms with Crippen LogP contribution in [0.5, 0.6) is 0 Å². The van der Waals surface area contributed by atoms with E-state index in [0.717, 1.165) is 0 Å². The molecule has 1 heterocycles. The summed E-state index contributed by atoms with van der Waals surface area (Å²) in [4.78, 5) is 0. The van der Waals surface area contributed by atoms with Gasteiger partial charge in [0.25, 0.3) is 0 Å². The maximum absolute atomic E-state index is 12.0. The molecular weight excluding hydrogens is 134 g/mol. The average molecular weight is 139 g/mol. The van der Waals surface area contributed by atoms with E-state index in [2.05, 4.69) is 9.05 Å². The van der Waals surface area contributed by atoms with Gasteiger partial charge < -0.3 is 0 Å². The maximum atomic E-state index is 12.0. The molecule has 0 aliphatic carbocycles. The molecule has 0 N–H and O–H groups in total. The second kappa shape index (κ2) is 2.49. The summed E-state index contributed by atoms with van der Waals surface area (Å²) in [5.41, 5.74) is 0. The largest absolute Gasteiger partial charge is 0.697 e. The van der Waals surface area contributed by atoms with E-state index < -0.39 is 14.4 Å². The Hall–Kier alpha value is -0.0500. The third kappa shape index (κ3) is 1.47. The van der Waals surface area contributed by atoms with Crippen LogP contribution in [-0.2, 0) is 13.6 Å². The van der Waals surface area contributed by atoms with Gasteiger partial charge in [0.1, 0.15) is 13.2 Å². The highest BCUT2D eigenvalue weighted by molar-refractivity contribution is 7.33. The molecule has 0 aromatic carbocycles. The third-order valence-electron chi connectivity index (χ3n) is 0.722. The van der Waals surface area contributed by atoms with Crippen LogP contribution in [0.2, 0.25) is 0 Å². The molecule has 1 rings (SSSR count). The Morgan fingerprint density at radius 1 is 1.50 bits per heavy atom. The topological polar surface area (TPSA) is 35.5 Å². The molecule has 0 spiro atoms. The average Bonchev–Trinajstić information content (AvgIpc) is 1.77. The minimum absolute atomic E-state index is 0.102. The van der Waals surface area contributed by atoms with E-state index >= 15 is 0 Å². The van der Waals surface area contributed by atoms with Crippen molar-refractivity contribution in [2.45, 2.75) is 6.17 Å². The van der Waals surface area contributed by atoms with Crippen LogP contribution in [-0.4, -0.2) is 19.4 Å². The highest BCUT2D eigenvalue weighted by Gasteiger charge is 2.31. The summed E-state index contributed by atoms with van der Waals surface area (Å²) in [5.74, 6) is 0. The molecule has 0 aromatic heterocycles. The van der Waals surface area contributed by atoms with Gasteiger partial charge in [0.15, 0.2) is 6.17 Å². The van der Waals surface area contributed by atoms with Crippen molar-refractivity contribution in [3.63, 3.8) is 0 Å². The van der Waals surface area contributed by atoms with Gasteiger partial charge in [0.2, 0.25) is 0 Å². The molecule has 46 valence electrons. The Bertz CT molecular complexity index is 96.7. The molecule has 3 nitrogen and oxygen atoms in total. The first-order valence-corrected chi connectivity index (χ1v) is 3.26. The molecule has 8 heavy (non-hydrogen) atoms. The minimum Gasteiger partial charge on any atom is -0.242 e.